The lowest BCUT2D eigenvalue weighted by molar-refractivity contribution is -0.154. The monoisotopic (exact) mass is 213 g/mol. The fourth-order valence-corrected chi connectivity index (χ4v) is 1.69. The molecule has 0 aliphatic heterocycles. The van der Waals surface area contributed by atoms with Crippen LogP contribution in [-0.4, -0.2) is 24.0 Å². The minimum atomic E-state index is -0.818. The van der Waals surface area contributed by atoms with Crippen molar-refractivity contribution in [1.29, 1.82) is 0 Å². The van der Waals surface area contributed by atoms with E-state index in [0.29, 0.717) is 6.61 Å². The predicted molar refractivity (Wildman–Crippen MR) is 56.2 cm³/mol. The summed E-state index contributed by atoms with van der Waals surface area (Å²) in [7, 11) is 0. The third-order valence-electron chi connectivity index (χ3n) is 2.69. The highest BCUT2D eigenvalue weighted by Crippen LogP contribution is 2.40. The molecule has 0 bridgehead atoms. The number of nitrogens with one attached hydrogen (secondary N) is 1. The maximum absolute atomic E-state index is 11.8. The van der Waals surface area contributed by atoms with Gasteiger partial charge in [-0.2, -0.15) is 0 Å². The van der Waals surface area contributed by atoms with Crippen LogP contribution in [0.2, 0.25) is 0 Å². The van der Waals surface area contributed by atoms with Gasteiger partial charge in [-0.1, -0.05) is 6.92 Å². The lowest BCUT2D eigenvalue weighted by atomic mass is 9.96. The zero-order chi connectivity index (χ0) is 11.5. The molecule has 0 aromatic rings. The first-order valence-electron chi connectivity index (χ1n) is 5.46. The fraction of sp³-hybridized carbons (Fsp3) is 0.818. The summed E-state index contributed by atoms with van der Waals surface area (Å²) in [5.74, 6) is -0.245. The molecule has 1 saturated carbocycles. The molecule has 1 aliphatic rings. The molecule has 15 heavy (non-hydrogen) atoms. The molecule has 1 atom stereocenters. The topological polar surface area (TPSA) is 55.4 Å². The van der Waals surface area contributed by atoms with E-state index in [1.165, 1.54) is 6.92 Å². The van der Waals surface area contributed by atoms with Crippen molar-refractivity contribution in [3.8, 4) is 0 Å². The van der Waals surface area contributed by atoms with E-state index >= 15 is 0 Å². The Bertz CT molecular complexity index is 261. The number of hydrogen-bond donors (Lipinski definition) is 1. The summed E-state index contributed by atoms with van der Waals surface area (Å²) in [5.41, 5.74) is -0.818. The molecule has 0 spiro atoms. The Morgan fingerprint density at radius 3 is 2.47 bits per heavy atom. The van der Waals surface area contributed by atoms with Crippen LogP contribution >= 0.6 is 0 Å². The van der Waals surface area contributed by atoms with Crippen molar-refractivity contribution < 1.29 is 14.3 Å². The fourth-order valence-electron chi connectivity index (χ4n) is 1.69. The van der Waals surface area contributed by atoms with Crippen LogP contribution in [0.1, 0.15) is 40.0 Å². The van der Waals surface area contributed by atoms with Gasteiger partial charge in [-0.3, -0.25) is 4.79 Å². The van der Waals surface area contributed by atoms with E-state index in [2.05, 4.69) is 5.32 Å². The van der Waals surface area contributed by atoms with E-state index < -0.39 is 5.54 Å². The van der Waals surface area contributed by atoms with E-state index in [1.54, 1.807) is 6.92 Å². The van der Waals surface area contributed by atoms with Crippen LogP contribution in [0, 0.1) is 5.92 Å². The molecule has 0 radical (unpaired) electrons. The summed E-state index contributed by atoms with van der Waals surface area (Å²) in [5, 5.41) is 2.71. The van der Waals surface area contributed by atoms with Crippen molar-refractivity contribution in [3.63, 3.8) is 0 Å². The van der Waals surface area contributed by atoms with E-state index in [-0.39, 0.29) is 17.8 Å². The minimum absolute atomic E-state index is 0.183. The molecule has 1 unspecified atom stereocenters. The molecule has 1 N–H and O–H groups in total. The molecule has 0 aromatic carbocycles. The van der Waals surface area contributed by atoms with Crippen LogP contribution in [0.15, 0.2) is 0 Å². The van der Waals surface area contributed by atoms with E-state index in [4.69, 9.17) is 4.74 Å². The highest BCUT2D eigenvalue weighted by Gasteiger charge is 2.49. The molecule has 1 aliphatic carbocycles. The van der Waals surface area contributed by atoms with Crippen LogP contribution in [0.4, 0.5) is 0 Å². The summed E-state index contributed by atoms with van der Waals surface area (Å²) in [6, 6.07) is 0. The van der Waals surface area contributed by atoms with Gasteiger partial charge in [0.05, 0.1) is 6.61 Å². The molecule has 86 valence electrons. The standard InChI is InChI=1S/C11H19NO3/c1-4-7-15-10(14)11(3,9-5-6-9)12-8(2)13/h9H,4-7H2,1-3H3,(H,12,13). The molecule has 1 fully saturated rings. The van der Waals surface area contributed by atoms with Crippen molar-refractivity contribution in [2.24, 2.45) is 5.92 Å². The first-order valence-corrected chi connectivity index (χ1v) is 5.46. The lowest BCUT2D eigenvalue weighted by Crippen LogP contribution is -2.54. The van der Waals surface area contributed by atoms with Gasteiger partial charge in [0.1, 0.15) is 5.54 Å². The second-order valence-corrected chi connectivity index (χ2v) is 4.29. The molecule has 4 heteroatoms. The maximum atomic E-state index is 11.8. The first-order chi connectivity index (χ1) is 7.00. The number of ether oxygens (including phenoxy) is 1. The average Bonchev–Trinajstić information content (AvgIpc) is 2.95. The van der Waals surface area contributed by atoms with E-state index in [0.717, 1.165) is 19.3 Å². The Morgan fingerprint density at radius 2 is 2.07 bits per heavy atom. The van der Waals surface area contributed by atoms with E-state index in [9.17, 15) is 9.59 Å². The lowest BCUT2D eigenvalue weighted by Gasteiger charge is -2.27. The van der Waals surface area contributed by atoms with Crippen LogP contribution < -0.4 is 5.32 Å². The van der Waals surface area contributed by atoms with Gasteiger partial charge >= 0.3 is 5.97 Å². The van der Waals surface area contributed by atoms with Gasteiger partial charge in [0.2, 0.25) is 5.91 Å². The van der Waals surface area contributed by atoms with Crippen molar-refractivity contribution in [2.75, 3.05) is 6.61 Å². The van der Waals surface area contributed by atoms with Gasteiger partial charge in [0.25, 0.3) is 0 Å². The summed E-state index contributed by atoms with van der Waals surface area (Å²) >= 11 is 0. The maximum Gasteiger partial charge on any atom is 0.331 e. The van der Waals surface area contributed by atoms with Crippen LogP contribution in [-0.2, 0) is 14.3 Å². The van der Waals surface area contributed by atoms with E-state index in [1.807, 2.05) is 6.92 Å². The Kier molecular flexibility index (Phi) is 3.72. The normalized spacial score (nSPS) is 19.1. The number of rotatable bonds is 5. The Hall–Kier alpha value is -1.06. The molecule has 4 nitrogen and oxygen atoms in total. The Balaban J connectivity index is 2.62. The third-order valence-corrected chi connectivity index (χ3v) is 2.69. The van der Waals surface area contributed by atoms with Crippen molar-refractivity contribution in [1.82, 2.24) is 5.32 Å². The molecule has 1 amide bonds. The SMILES string of the molecule is CCCOC(=O)C(C)(NC(C)=O)C1CC1. The van der Waals surface area contributed by atoms with Gasteiger partial charge < -0.3 is 10.1 Å². The number of carbonyl (C=O) groups is 2. The van der Waals surface area contributed by atoms with Crippen LogP contribution in [0.5, 0.6) is 0 Å². The van der Waals surface area contributed by atoms with Gasteiger partial charge in [-0.15, -0.1) is 0 Å². The largest absolute Gasteiger partial charge is 0.464 e. The molecule has 1 rings (SSSR count). The van der Waals surface area contributed by atoms with Gasteiger partial charge in [-0.05, 0) is 32.1 Å². The zero-order valence-electron chi connectivity index (χ0n) is 9.63. The average molecular weight is 213 g/mol. The highest BCUT2D eigenvalue weighted by atomic mass is 16.5. The van der Waals surface area contributed by atoms with Crippen molar-refractivity contribution in [3.05, 3.63) is 0 Å². The smallest absolute Gasteiger partial charge is 0.331 e. The number of esters is 1. The number of hydrogen-bond acceptors (Lipinski definition) is 3. The number of carbonyl (C=O) groups excluding carboxylic acids is 2. The summed E-state index contributed by atoms with van der Waals surface area (Å²) in [6.07, 6.45) is 2.77. The first kappa shape index (κ1) is 12.0. The van der Waals surface area contributed by atoms with Gasteiger partial charge in [0, 0.05) is 6.92 Å². The van der Waals surface area contributed by atoms with Gasteiger partial charge in [0.15, 0.2) is 0 Å². The van der Waals surface area contributed by atoms with Crippen molar-refractivity contribution >= 4 is 11.9 Å². The molecular weight excluding hydrogens is 194 g/mol. The second-order valence-electron chi connectivity index (χ2n) is 4.29. The van der Waals surface area contributed by atoms with Crippen molar-refractivity contribution in [2.45, 2.75) is 45.6 Å². The molecular formula is C11H19NO3. The minimum Gasteiger partial charge on any atom is -0.464 e. The Morgan fingerprint density at radius 1 is 1.47 bits per heavy atom. The molecule has 0 aromatic heterocycles. The quantitative estimate of drug-likeness (QED) is 0.699. The summed E-state index contributed by atoms with van der Waals surface area (Å²) in [4.78, 5) is 22.9. The Labute approximate surface area is 90.4 Å². The van der Waals surface area contributed by atoms with Crippen LogP contribution in [0.3, 0.4) is 0 Å². The summed E-state index contributed by atoms with van der Waals surface area (Å²) in [6.45, 7) is 5.54. The highest BCUT2D eigenvalue weighted by molar-refractivity contribution is 5.87. The third kappa shape index (κ3) is 2.94. The number of amides is 1. The van der Waals surface area contributed by atoms with Gasteiger partial charge in [-0.25, -0.2) is 4.79 Å². The molecule has 0 heterocycles. The second kappa shape index (κ2) is 4.64. The molecule has 0 saturated heterocycles. The zero-order valence-corrected chi connectivity index (χ0v) is 9.63. The summed E-state index contributed by atoms with van der Waals surface area (Å²) < 4.78 is 5.10. The van der Waals surface area contributed by atoms with Crippen LogP contribution in [0.25, 0.3) is 0 Å². The predicted octanol–water partition coefficient (Wildman–Crippen LogP) is 1.24.